The fourth-order valence-electron chi connectivity index (χ4n) is 2.45. The van der Waals surface area contributed by atoms with Crippen molar-refractivity contribution in [3.8, 4) is 0 Å². The molecule has 0 aliphatic heterocycles. The van der Waals surface area contributed by atoms with Crippen LogP contribution in [0.1, 0.15) is 41.6 Å². The van der Waals surface area contributed by atoms with Crippen LogP contribution in [-0.2, 0) is 6.54 Å². The zero-order valence-electron chi connectivity index (χ0n) is 10.5. The van der Waals surface area contributed by atoms with Crippen LogP contribution in [0.2, 0.25) is 0 Å². The van der Waals surface area contributed by atoms with E-state index in [2.05, 4.69) is 4.90 Å². The maximum Gasteiger partial charge on any atom is 0.335 e. The Balaban J connectivity index is 1.68. The molecule has 0 bridgehead atoms. The number of carboxylic acids is 1. The molecule has 18 heavy (non-hydrogen) atoms. The summed E-state index contributed by atoms with van der Waals surface area (Å²) in [6.45, 7) is 2.10. The normalized spacial score (nSPS) is 19.2. The summed E-state index contributed by atoms with van der Waals surface area (Å²) in [6, 6.07) is 8.10. The summed E-state index contributed by atoms with van der Waals surface area (Å²) in [5.74, 6) is 0.0604. The summed E-state index contributed by atoms with van der Waals surface area (Å²) >= 11 is 0. The van der Waals surface area contributed by atoms with Crippen LogP contribution in [0.15, 0.2) is 24.3 Å². The lowest BCUT2D eigenvalue weighted by atomic mass is 10.1. The number of rotatable bonds is 6. The predicted molar refractivity (Wildman–Crippen MR) is 69.6 cm³/mol. The maximum atomic E-state index is 11.0. The summed E-state index contributed by atoms with van der Waals surface area (Å²) in [6.07, 6.45) is 5.37. The fourth-order valence-corrected chi connectivity index (χ4v) is 2.45. The Labute approximate surface area is 107 Å². The highest BCUT2D eigenvalue weighted by atomic mass is 16.4. The van der Waals surface area contributed by atoms with Crippen LogP contribution >= 0.6 is 0 Å². The molecule has 2 saturated carbocycles. The zero-order valence-corrected chi connectivity index (χ0v) is 10.5. The van der Waals surface area contributed by atoms with Crippen LogP contribution in [0.3, 0.4) is 0 Å². The first-order valence-electron chi connectivity index (χ1n) is 6.78. The van der Waals surface area contributed by atoms with Crippen LogP contribution < -0.4 is 0 Å². The molecule has 2 fully saturated rings. The van der Waals surface area contributed by atoms with Crippen molar-refractivity contribution in [1.82, 2.24) is 4.90 Å². The van der Waals surface area contributed by atoms with Gasteiger partial charge in [0.1, 0.15) is 0 Å². The highest BCUT2D eigenvalue weighted by molar-refractivity contribution is 5.87. The lowest BCUT2D eigenvalue weighted by Gasteiger charge is -2.22. The van der Waals surface area contributed by atoms with Gasteiger partial charge in [0, 0.05) is 19.1 Å². The molecule has 3 rings (SSSR count). The minimum absolute atomic E-state index is 0.398. The van der Waals surface area contributed by atoms with Gasteiger partial charge in [0.05, 0.1) is 5.56 Å². The number of nitrogens with zero attached hydrogens (tertiary/aromatic N) is 1. The van der Waals surface area contributed by atoms with E-state index in [9.17, 15) is 4.79 Å². The summed E-state index contributed by atoms with van der Waals surface area (Å²) in [5, 5.41) is 9.01. The first kappa shape index (κ1) is 11.7. The number of aromatic carboxylic acids is 1. The van der Waals surface area contributed by atoms with Gasteiger partial charge in [0.25, 0.3) is 0 Å². The molecule has 1 N–H and O–H groups in total. The number of hydrogen-bond donors (Lipinski definition) is 1. The van der Waals surface area contributed by atoms with Gasteiger partial charge in [0.2, 0.25) is 0 Å². The van der Waals surface area contributed by atoms with Crippen molar-refractivity contribution < 1.29 is 9.90 Å². The Morgan fingerprint density at radius 1 is 1.28 bits per heavy atom. The second-order valence-corrected chi connectivity index (χ2v) is 5.61. The number of carbonyl (C=O) groups is 1. The van der Waals surface area contributed by atoms with Crippen molar-refractivity contribution >= 4 is 5.97 Å². The molecular weight excluding hydrogens is 226 g/mol. The Morgan fingerprint density at radius 3 is 2.67 bits per heavy atom. The average Bonchev–Trinajstić information content (AvgIpc) is 3.22. The third-order valence-corrected chi connectivity index (χ3v) is 3.81. The number of benzene rings is 1. The van der Waals surface area contributed by atoms with Gasteiger partial charge in [-0.25, -0.2) is 4.79 Å². The third kappa shape index (κ3) is 2.91. The van der Waals surface area contributed by atoms with Crippen LogP contribution in [0.4, 0.5) is 0 Å². The maximum absolute atomic E-state index is 11.0. The summed E-state index contributed by atoms with van der Waals surface area (Å²) in [4.78, 5) is 13.5. The lowest BCUT2D eigenvalue weighted by molar-refractivity contribution is 0.0696. The largest absolute Gasteiger partial charge is 0.478 e. The molecule has 0 aromatic heterocycles. The SMILES string of the molecule is O=C(O)c1cccc(CN(CC2CC2)C2CC2)c1. The summed E-state index contributed by atoms with van der Waals surface area (Å²) in [5.41, 5.74) is 1.53. The molecule has 1 aromatic carbocycles. The van der Waals surface area contributed by atoms with Gasteiger partial charge in [-0.3, -0.25) is 4.90 Å². The Hall–Kier alpha value is -1.35. The van der Waals surface area contributed by atoms with Crippen LogP contribution in [0.25, 0.3) is 0 Å². The quantitative estimate of drug-likeness (QED) is 0.837. The van der Waals surface area contributed by atoms with Gasteiger partial charge in [-0.05, 0) is 49.3 Å². The van der Waals surface area contributed by atoms with E-state index in [0.717, 1.165) is 24.1 Å². The van der Waals surface area contributed by atoms with E-state index in [1.807, 2.05) is 18.2 Å². The third-order valence-electron chi connectivity index (χ3n) is 3.81. The molecule has 1 aromatic rings. The van der Waals surface area contributed by atoms with E-state index >= 15 is 0 Å². The first-order chi connectivity index (χ1) is 8.72. The summed E-state index contributed by atoms with van der Waals surface area (Å²) in [7, 11) is 0. The van der Waals surface area contributed by atoms with Gasteiger partial charge < -0.3 is 5.11 Å². The van der Waals surface area contributed by atoms with Gasteiger partial charge in [0.15, 0.2) is 0 Å². The van der Waals surface area contributed by atoms with Crippen molar-refractivity contribution in [3.05, 3.63) is 35.4 Å². The van der Waals surface area contributed by atoms with Gasteiger partial charge in [-0.1, -0.05) is 12.1 Å². The van der Waals surface area contributed by atoms with Gasteiger partial charge in [-0.2, -0.15) is 0 Å². The van der Waals surface area contributed by atoms with Crippen molar-refractivity contribution in [3.63, 3.8) is 0 Å². The molecule has 3 nitrogen and oxygen atoms in total. The highest BCUT2D eigenvalue weighted by Gasteiger charge is 2.33. The molecule has 0 unspecified atom stereocenters. The Bertz CT molecular complexity index is 450. The van der Waals surface area contributed by atoms with Gasteiger partial charge in [-0.15, -0.1) is 0 Å². The second kappa shape index (κ2) is 4.73. The van der Waals surface area contributed by atoms with Crippen molar-refractivity contribution in [2.24, 2.45) is 5.92 Å². The number of carboxylic acid groups (broad SMARTS) is 1. The van der Waals surface area contributed by atoms with Crippen LogP contribution in [-0.4, -0.2) is 28.6 Å². The smallest absolute Gasteiger partial charge is 0.335 e. The second-order valence-electron chi connectivity index (χ2n) is 5.61. The summed E-state index contributed by atoms with van der Waals surface area (Å²) < 4.78 is 0. The van der Waals surface area contributed by atoms with Crippen LogP contribution in [0.5, 0.6) is 0 Å². The molecule has 0 saturated heterocycles. The van der Waals surface area contributed by atoms with E-state index in [1.165, 1.54) is 32.2 Å². The molecule has 0 spiro atoms. The first-order valence-corrected chi connectivity index (χ1v) is 6.78. The molecule has 0 atom stereocenters. The highest BCUT2D eigenvalue weighted by Crippen LogP contribution is 2.35. The molecule has 0 heterocycles. The minimum Gasteiger partial charge on any atom is -0.478 e. The lowest BCUT2D eigenvalue weighted by Crippen LogP contribution is -2.27. The van der Waals surface area contributed by atoms with Crippen LogP contribution in [0, 0.1) is 5.92 Å². The van der Waals surface area contributed by atoms with E-state index in [1.54, 1.807) is 6.07 Å². The molecule has 96 valence electrons. The Morgan fingerprint density at radius 2 is 2.06 bits per heavy atom. The molecule has 2 aliphatic rings. The van der Waals surface area contributed by atoms with E-state index in [-0.39, 0.29) is 0 Å². The fraction of sp³-hybridized carbons (Fsp3) is 0.533. The minimum atomic E-state index is -0.836. The van der Waals surface area contributed by atoms with Crippen molar-refractivity contribution in [2.75, 3.05) is 6.54 Å². The molecule has 3 heteroatoms. The molecule has 0 amide bonds. The molecular formula is C15H19NO2. The standard InChI is InChI=1S/C15H19NO2/c17-15(18)13-3-1-2-12(8-13)10-16(14-6-7-14)9-11-4-5-11/h1-3,8,11,14H,4-7,9-10H2,(H,17,18). The molecule has 0 radical (unpaired) electrons. The number of hydrogen-bond acceptors (Lipinski definition) is 2. The van der Waals surface area contributed by atoms with E-state index in [0.29, 0.717) is 5.56 Å². The van der Waals surface area contributed by atoms with Gasteiger partial charge >= 0.3 is 5.97 Å². The molecule has 2 aliphatic carbocycles. The topological polar surface area (TPSA) is 40.5 Å². The van der Waals surface area contributed by atoms with E-state index < -0.39 is 5.97 Å². The zero-order chi connectivity index (χ0) is 12.5. The Kier molecular flexibility index (Phi) is 3.08. The van der Waals surface area contributed by atoms with Crippen molar-refractivity contribution in [2.45, 2.75) is 38.3 Å². The van der Waals surface area contributed by atoms with E-state index in [4.69, 9.17) is 5.11 Å². The average molecular weight is 245 g/mol. The van der Waals surface area contributed by atoms with Crippen molar-refractivity contribution in [1.29, 1.82) is 0 Å². The predicted octanol–water partition coefficient (Wildman–Crippen LogP) is 2.76. The monoisotopic (exact) mass is 245 g/mol.